The second kappa shape index (κ2) is 10.5. The number of amides is 2. The molecule has 0 radical (unpaired) electrons. The first-order valence-electron chi connectivity index (χ1n) is 8.97. The molecule has 1 aromatic carbocycles. The lowest BCUT2D eigenvalue weighted by Gasteiger charge is -2.23. The fourth-order valence-electron chi connectivity index (χ4n) is 2.37. The van der Waals surface area contributed by atoms with Gasteiger partial charge >= 0.3 is 12.1 Å². The van der Waals surface area contributed by atoms with E-state index in [9.17, 15) is 14.4 Å². The summed E-state index contributed by atoms with van der Waals surface area (Å²) in [6.07, 6.45) is 0.281. The summed E-state index contributed by atoms with van der Waals surface area (Å²) in [5.74, 6) is -0.716. The summed E-state index contributed by atoms with van der Waals surface area (Å²) in [4.78, 5) is 37.7. The lowest BCUT2D eigenvalue weighted by Crippen LogP contribution is -2.44. The van der Waals surface area contributed by atoms with Crippen molar-refractivity contribution in [2.24, 2.45) is 0 Å². The molecule has 0 aliphatic heterocycles. The highest BCUT2D eigenvalue weighted by atomic mass is 16.6. The minimum absolute atomic E-state index is 0.106. The Morgan fingerprint density at radius 1 is 1.15 bits per heavy atom. The average molecular weight is 378 g/mol. The Morgan fingerprint density at radius 2 is 1.78 bits per heavy atom. The van der Waals surface area contributed by atoms with E-state index < -0.39 is 23.7 Å². The first-order chi connectivity index (χ1) is 12.6. The van der Waals surface area contributed by atoms with Gasteiger partial charge in [0.1, 0.15) is 11.6 Å². The van der Waals surface area contributed by atoms with Gasteiger partial charge in [-0.3, -0.25) is 4.79 Å². The molecule has 0 fully saturated rings. The maximum absolute atomic E-state index is 12.3. The van der Waals surface area contributed by atoms with Gasteiger partial charge in [-0.05, 0) is 39.2 Å². The zero-order valence-electron chi connectivity index (χ0n) is 16.8. The highest BCUT2D eigenvalue weighted by Crippen LogP contribution is 2.09. The number of nitrogens with zero attached hydrogens (tertiary/aromatic N) is 1. The Bertz CT molecular complexity index is 625. The van der Waals surface area contributed by atoms with Gasteiger partial charge < -0.3 is 19.7 Å². The van der Waals surface area contributed by atoms with Crippen molar-refractivity contribution in [3.05, 3.63) is 35.9 Å². The molecular formula is C20H30N2O5. The Morgan fingerprint density at radius 3 is 2.33 bits per heavy atom. The van der Waals surface area contributed by atoms with Crippen LogP contribution in [0.3, 0.4) is 0 Å². The molecule has 1 aromatic rings. The zero-order valence-corrected chi connectivity index (χ0v) is 16.8. The molecule has 7 heteroatoms. The van der Waals surface area contributed by atoms with E-state index in [0.717, 1.165) is 12.0 Å². The molecule has 0 aromatic heterocycles. The number of methoxy groups -OCH3 is 1. The van der Waals surface area contributed by atoms with Crippen LogP contribution < -0.4 is 5.32 Å². The molecule has 150 valence electrons. The lowest BCUT2D eigenvalue weighted by atomic mass is 10.1. The van der Waals surface area contributed by atoms with Crippen molar-refractivity contribution in [3.8, 4) is 0 Å². The quantitative estimate of drug-likeness (QED) is 0.703. The van der Waals surface area contributed by atoms with Gasteiger partial charge in [-0.25, -0.2) is 9.59 Å². The predicted octanol–water partition coefficient (Wildman–Crippen LogP) is 2.53. The van der Waals surface area contributed by atoms with E-state index in [-0.39, 0.29) is 18.7 Å². The van der Waals surface area contributed by atoms with Gasteiger partial charge in [0.25, 0.3) is 0 Å². The van der Waals surface area contributed by atoms with E-state index >= 15 is 0 Å². The van der Waals surface area contributed by atoms with Crippen molar-refractivity contribution in [2.45, 2.75) is 51.7 Å². The number of nitrogens with one attached hydrogen (secondary N) is 1. The third-order valence-electron chi connectivity index (χ3n) is 3.83. The fourth-order valence-corrected chi connectivity index (χ4v) is 2.37. The van der Waals surface area contributed by atoms with Gasteiger partial charge in [0.2, 0.25) is 5.91 Å². The van der Waals surface area contributed by atoms with E-state index in [4.69, 9.17) is 9.47 Å². The van der Waals surface area contributed by atoms with Crippen LogP contribution in [0.25, 0.3) is 0 Å². The van der Waals surface area contributed by atoms with Crippen LogP contribution in [0.5, 0.6) is 0 Å². The lowest BCUT2D eigenvalue weighted by molar-refractivity contribution is -0.143. The molecule has 2 amide bonds. The van der Waals surface area contributed by atoms with Gasteiger partial charge in [-0.2, -0.15) is 0 Å². The monoisotopic (exact) mass is 378 g/mol. The molecule has 1 N–H and O–H groups in total. The molecule has 0 heterocycles. The number of likely N-dealkylation sites (N-methyl/N-ethyl adjacent to an activating group) is 1. The van der Waals surface area contributed by atoms with E-state index in [1.54, 1.807) is 32.7 Å². The van der Waals surface area contributed by atoms with Crippen LogP contribution in [0.1, 0.15) is 39.2 Å². The van der Waals surface area contributed by atoms with Crippen LogP contribution in [0.15, 0.2) is 30.3 Å². The van der Waals surface area contributed by atoms with Gasteiger partial charge in [-0.15, -0.1) is 0 Å². The van der Waals surface area contributed by atoms with Crippen molar-refractivity contribution in [2.75, 3.05) is 20.7 Å². The van der Waals surface area contributed by atoms with Crippen LogP contribution in [-0.2, 0) is 25.5 Å². The largest absolute Gasteiger partial charge is 0.467 e. The molecule has 0 bridgehead atoms. The Kier molecular flexibility index (Phi) is 8.78. The number of benzene rings is 1. The van der Waals surface area contributed by atoms with Gasteiger partial charge in [0.05, 0.1) is 7.11 Å². The van der Waals surface area contributed by atoms with Gasteiger partial charge in [-0.1, -0.05) is 30.3 Å². The van der Waals surface area contributed by atoms with Crippen molar-refractivity contribution in [1.29, 1.82) is 0 Å². The number of carbonyl (C=O) groups excluding carboxylic acids is 3. The first kappa shape index (κ1) is 22.5. The van der Waals surface area contributed by atoms with E-state index in [2.05, 4.69) is 5.32 Å². The Balaban J connectivity index is 2.51. The van der Waals surface area contributed by atoms with Gasteiger partial charge in [0.15, 0.2) is 0 Å². The highest BCUT2D eigenvalue weighted by Gasteiger charge is 2.26. The van der Waals surface area contributed by atoms with Crippen LogP contribution >= 0.6 is 0 Å². The van der Waals surface area contributed by atoms with E-state index in [0.29, 0.717) is 6.54 Å². The molecule has 0 saturated carbocycles. The minimum atomic E-state index is -0.934. The summed E-state index contributed by atoms with van der Waals surface area (Å²) in [5, 5.41) is 2.47. The van der Waals surface area contributed by atoms with Crippen LogP contribution in [-0.4, -0.2) is 55.2 Å². The van der Waals surface area contributed by atoms with E-state index in [1.807, 2.05) is 30.3 Å². The SMILES string of the molecule is COC(=O)C(CCC(=O)N(C)CCc1ccccc1)NC(=O)OC(C)(C)C. The molecule has 0 aliphatic rings. The number of esters is 1. The predicted molar refractivity (Wildman–Crippen MR) is 102 cm³/mol. The minimum Gasteiger partial charge on any atom is -0.467 e. The average Bonchev–Trinajstić information content (AvgIpc) is 2.61. The van der Waals surface area contributed by atoms with Crippen LogP contribution in [0, 0.1) is 0 Å². The Hall–Kier alpha value is -2.57. The van der Waals surface area contributed by atoms with Crippen molar-refractivity contribution < 1.29 is 23.9 Å². The normalized spacial score (nSPS) is 12.0. The first-order valence-corrected chi connectivity index (χ1v) is 8.97. The summed E-state index contributed by atoms with van der Waals surface area (Å²) < 4.78 is 9.86. The number of ether oxygens (including phenoxy) is 2. The third kappa shape index (κ3) is 9.08. The third-order valence-corrected chi connectivity index (χ3v) is 3.83. The fraction of sp³-hybridized carbons (Fsp3) is 0.550. The van der Waals surface area contributed by atoms with E-state index in [1.165, 1.54) is 7.11 Å². The Labute approximate surface area is 161 Å². The summed E-state index contributed by atoms with van der Waals surface area (Å²) in [6, 6.07) is 8.95. The molecule has 1 rings (SSSR count). The molecule has 0 aliphatic carbocycles. The highest BCUT2D eigenvalue weighted by molar-refractivity contribution is 5.82. The summed E-state index contributed by atoms with van der Waals surface area (Å²) in [5.41, 5.74) is 0.467. The number of alkyl carbamates (subject to hydrolysis) is 1. The van der Waals surface area contributed by atoms with Crippen molar-refractivity contribution in [3.63, 3.8) is 0 Å². The molecule has 1 atom stereocenters. The maximum atomic E-state index is 12.3. The number of hydrogen-bond acceptors (Lipinski definition) is 5. The number of hydrogen-bond donors (Lipinski definition) is 1. The number of carbonyl (C=O) groups is 3. The summed E-state index contributed by atoms with van der Waals surface area (Å²) in [7, 11) is 2.96. The number of rotatable bonds is 8. The summed E-state index contributed by atoms with van der Waals surface area (Å²) >= 11 is 0. The van der Waals surface area contributed by atoms with Crippen LogP contribution in [0.2, 0.25) is 0 Å². The molecule has 1 unspecified atom stereocenters. The maximum Gasteiger partial charge on any atom is 0.408 e. The molecular weight excluding hydrogens is 348 g/mol. The second-order valence-corrected chi connectivity index (χ2v) is 7.31. The van der Waals surface area contributed by atoms with Gasteiger partial charge in [0, 0.05) is 20.0 Å². The smallest absolute Gasteiger partial charge is 0.408 e. The summed E-state index contributed by atoms with van der Waals surface area (Å²) in [6.45, 7) is 5.76. The standard InChI is InChI=1S/C20H30N2O5/c1-20(2,3)27-19(25)21-16(18(24)26-5)11-12-17(23)22(4)14-13-15-9-7-6-8-10-15/h6-10,16H,11-14H2,1-5H3,(H,21,25). The topological polar surface area (TPSA) is 84.9 Å². The van der Waals surface area contributed by atoms with Crippen molar-refractivity contribution >= 4 is 18.0 Å². The molecule has 27 heavy (non-hydrogen) atoms. The second-order valence-electron chi connectivity index (χ2n) is 7.31. The van der Waals surface area contributed by atoms with Crippen LogP contribution in [0.4, 0.5) is 4.79 Å². The zero-order chi connectivity index (χ0) is 20.4. The van der Waals surface area contributed by atoms with Crippen molar-refractivity contribution in [1.82, 2.24) is 10.2 Å². The molecule has 0 saturated heterocycles. The molecule has 0 spiro atoms. The molecule has 7 nitrogen and oxygen atoms in total.